The first kappa shape index (κ1) is 14.7. The Morgan fingerprint density at radius 2 is 1.95 bits per heavy atom. The Kier molecular flexibility index (Phi) is 5.27. The first-order valence-electron chi connectivity index (χ1n) is 7.37. The van der Waals surface area contributed by atoms with E-state index in [0.29, 0.717) is 5.96 Å². The average Bonchev–Trinajstić information content (AvgIpc) is 2.48. The van der Waals surface area contributed by atoms with E-state index in [0.717, 1.165) is 37.7 Å². The fourth-order valence-electron chi connectivity index (χ4n) is 2.43. The van der Waals surface area contributed by atoms with E-state index >= 15 is 0 Å². The van der Waals surface area contributed by atoms with Gasteiger partial charge in [0.25, 0.3) is 0 Å². The van der Waals surface area contributed by atoms with Gasteiger partial charge >= 0.3 is 0 Å². The Morgan fingerprint density at radius 1 is 1.30 bits per heavy atom. The summed E-state index contributed by atoms with van der Waals surface area (Å²) in [5.74, 6) is 2.41. The van der Waals surface area contributed by atoms with Gasteiger partial charge in [0.2, 0.25) is 0 Å². The van der Waals surface area contributed by atoms with Crippen molar-refractivity contribution in [2.24, 2.45) is 16.6 Å². The molecule has 1 aliphatic heterocycles. The van der Waals surface area contributed by atoms with Gasteiger partial charge in [-0.2, -0.15) is 0 Å². The van der Waals surface area contributed by atoms with Crippen molar-refractivity contribution >= 4 is 5.96 Å². The van der Waals surface area contributed by atoms with Crippen LogP contribution in [-0.4, -0.2) is 37.6 Å². The van der Waals surface area contributed by atoms with E-state index in [1.807, 2.05) is 12.1 Å². The topological polar surface area (TPSA) is 50.9 Å². The van der Waals surface area contributed by atoms with Gasteiger partial charge in [-0.05, 0) is 42.9 Å². The van der Waals surface area contributed by atoms with Crippen LogP contribution in [0.5, 0.6) is 5.75 Å². The van der Waals surface area contributed by atoms with Crippen molar-refractivity contribution < 1.29 is 4.74 Å². The lowest BCUT2D eigenvalue weighted by molar-refractivity contribution is 0.277. The van der Waals surface area contributed by atoms with Crippen LogP contribution in [0, 0.1) is 5.92 Å². The minimum absolute atomic E-state index is 0.699. The highest BCUT2D eigenvalue weighted by Gasteiger charge is 2.16. The molecule has 0 saturated carbocycles. The molecule has 1 heterocycles. The summed E-state index contributed by atoms with van der Waals surface area (Å²) in [4.78, 5) is 6.70. The van der Waals surface area contributed by atoms with Crippen LogP contribution in [-0.2, 0) is 6.42 Å². The molecule has 1 fully saturated rings. The normalized spacial score (nSPS) is 17.3. The highest BCUT2D eigenvalue weighted by Crippen LogP contribution is 2.15. The number of hydrogen-bond acceptors (Lipinski definition) is 2. The van der Waals surface area contributed by atoms with E-state index in [1.165, 1.54) is 18.4 Å². The first-order chi connectivity index (χ1) is 9.69. The zero-order valence-corrected chi connectivity index (χ0v) is 12.5. The number of likely N-dealkylation sites (tertiary alicyclic amines) is 1. The number of nitrogens with two attached hydrogens (primary N) is 1. The molecule has 4 nitrogen and oxygen atoms in total. The molecule has 2 N–H and O–H groups in total. The number of hydrogen-bond donors (Lipinski definition) is 1. The highest BCUT2D eigenvalue weighted by molar-refractivity contribution is 5.78. The number of ether oxygens (including phenoxy) is 1. The van der Waals surface area contributed by atoms with Crippen LogP contribution in [0.4, 0.5) is 0 Å². The summed E-state index contributed by atoms with van der Waals surface area (Å²) in [6, 6.07) is 8.11. The quantitative estimate of drug-likeness (QED) is 0.677. The lowest BCUT2D eigenvalue weighted by Gasteiger charge is -2.31. The Hall–Kier alpha value is -1.71. The van der Waals surface area contributed by atoms with Crippen LogP contribution in [0.25, 0.3) is 0 Å². The van der Waals surface area contributed by atoms with Crippen LogP contribution in [0.1, 0.15) is 25.3 Å². The van der Waals surface area contributed by atoms with Crippen LogP contribution in [0.2, 0.25) is 0 Å². The lowest BCUT2D eigenvalue weighted by Crippen LogP contribution is -2.42. The summed E-state index contributed by atoms with van der Waals surface area (Å²) >= 11 is 0. The van der Waals surface area contributed by atoms with E-state index in [9.17, 15) is 0 Å². The molecular formula is C16H25N3O. The predicted molar refractivity (Wildman–Crippen MR) is 83.2 cm³/mol. The Bertz CT molecular complexity index is 434. The van der Waals surface area contributed by atoms with E-state index in [-0.39, 0.29) is 0 Å². The maximum absolute atomic E-state index is 6.06. The zero-order valence-electron chi connectivity index (χ0n) is 12.5. The average molecular weight is 275 g/mol. The number of guanidine groups is 1. The molecule has 0 aromatic heterocycles. The van der Waals surface area contributed by atoms with Crippen LogP contribution in [0.15, 0.2) is 29.3 Å². The van der Waals surface area contributed by atoms with Crippen LogP contribution in [0.3, 0.4) is 0 Å². The molecule has 0 bridgehead atoms. The van der Waals surface area contributed by atoms with Crippen molar-refractivity contribution in [3.8, 4) is 5.75 Å². The molecule has 2 rings (SSSR count). The van der Waals surface area contributed by atoms with Gasteiger partial charge in [0, 0.05) is 19.6 Å². The summed E-state index contributed by atoms with van der Waals surface area (Å²) in [5.41, 5.74) is 7.32. The third-order valence-electron chi connectivity index (χ3n) is 3.94. The maximum atomic E-state index is 6.06. The summed E-state index contributed by atoms with van der Waals surface area (Å²) < 4.78 is 5.15. The standard InChI is InChI=1S/C16H25N3O/c1-13-8-11-19(12-9-13)16(17)18-10-7-14-3-5-15(20-2)6-4-14/h3-6,13H,7-12H2,1-2H3,(H2,17,18). The maximum Gasteiger partial charge on any atom is 0.191 e. The van der Waals surface area contributed by atoms with Gasteiger partial charge < -0.3 is 15.4 Å². The smallest absolute Gasteiger partial charge is 0.191 e. The SMILES string of the molecule is COc1ccc(CCN=C(N)N2CCC(C)CC2)cc1. The minimum atomic E-state index is 0.699. The molecule has 0 radical (unpaired) electrons. The number of benzene rings is 1. The lowest BCUT2D eigenvalue weighted by atomic mass is 10.00. The second-order valence-corrected chi connectivity index (χ2v) is 5.51. The summed E-state index contributed by atoms with van der Waals surface area (Å²) in [7, 11) is 1.68. The van der Waals surface area contributed by atoms with E-state index < -0.39 is 0 Å². The zero-order chi connectivity index (χ0) is 14.4. The molecule has 0 unspecified atom stereocenters. The number of nitrogens with zero attached hydrogens (tertiary/aromatic N) is 2. The highest BCUT2D eigenvalue weighted by atomic mass is 16.5. The molecule has 1 saturated heterocycles. The predicted octanol–water partition coefficient (Wildman–Crippen LogP) is 2.28. The molecule has 0 spiro atoms. The van der Waals surface area contributed by atoms with Crippen molar-refractivity contribution in [1.29, 1.82) is 0 Å². The number of piperidine rings is 1. The van der Waals surface area contributed by atoms with E-state index in [2.05, 4.69) is 28.9 Å². The first-order valence-corrected chi connectivity index (χ1v) is 7.37. The van der Waals surface area contributed by atoms with Crippen molar-refractivity contribution in [3.63, 3.8) is 0 Å². The molecule has 1 aliphatic rings. The van der Waals surface area contributed by atoms with Gasteiger partial charge in [0.1, 0.15) is 5.75 Å². The van der Waals surface area contributed by atoms with Crippen molar-refractivity contribution in [2.45, 2.75) is 26.2 Å². The van der Waals surface area contributed by atoms with Gasteiger partial charge in [-0.25, -0.2) is 0 Å². The van der Waals surface area contributed by atoms with Gasteiger partial charge in [0.15, 0.2) is 5.96 Å². The van der Waals surface area contributed by atoms with E-state index in [1.54, 1.807) is 7.11 Å². The second-order valence-electron chi connectivity index (χ2n) is 5.51. The van der Waals surface area contributed by atoms with Gasteiger partial charge in [-0.15, -0.1) is 0 Å². The molecular weight excluding hydrogens is 250 g/mol. The van der Waals surface area contributed by atoms with E-state index in [4.69, 9.17) is 10.5 Å². The van der Waals surface area contributed by atoms with Gasteiger partial charge in [-0.1, -0.05) is 19.1 Å². The molecule has 110 valence electrons. The van der Waals surface area contributed by atoms with Crippen molar-refractivity contribution in [2.75, 3.05) is 26.7 Å². The third-order valence-corrected chi connectivity index (χ3v) is 3.94. The molecule has 0 atom stereocenters. The largest absolute Gasteiger partial charge is 0.497 e. The fraction of sp³-hybridized carbons (Fsp3) is 0.562. The number of aliphatic imine (C=N–C) groups is 1. The van der Waals surface area contributed by atoms with Crippen molar-refractivity contribution in [1.82, 2.24) is 4.90 Å². The molecule has 4 heteroatoms. The Morgan fingerprint density at radius 3 is 2.55 bits per heavy atom. The monoisotopic (exact) mass is 275 g/mol. The van der Waals surface area contributed by atoms with Crippen molar-refractivity contribution in [3.05, 3.63) is 29.8 Å². The Balaban J connectivity index is 1.79. The summed E-state index contributed by atoms with van der Waals surface area (Å²) in [6.07, 6.45) is 3.35. The summed E-state index contributed by atoms with van der Waals surface area (Å²) in [5, 5.41) is 0. The Labute approximate surface area is 121 Å². The number of methoxy groups -OCH3 is 1. The fourth-order valence-corrected chi connectivity index (χ4v) is 2.43. The van der Waals surface area contributed by atoms with Gasteiger partial charge in [-0.3, -0.25) is 4.99 Å². The van der Waals surface area contributed by atoms with Gasteiger partial charge in [0.05, 0.1) is 7.11 Å². The molecule has 20 heavy (non-hydrogen) atoms. The number of rotatable bonds is 4. The van der Waals surface area contributed by atoms with Crippen LogP contribution >= 0.6 is 0 Å². The third kappa shape index (κ3) is 4.15. The molecule has 1 aromatic rings. The molecule has 0 aliphatic carbocycles. The summed E-state index contributed by atoms with van der Waals surface area (Å²) in [6.45, 7) is 5.12. The minimum Gasteiger partial charge on any atom is -0.497 e. The second kappa shape index (κ2) is 7.17. The molecule has 0 amide bonds. The van der Waals surface area contributed by atoms with Crippen LogP contribution < -0.4 is 10.5 Å². The molecule has 1 aromatic carbocycles.